The van der Waals surface area contributed by atoms with E-state index in [4.69, 9.17) is 0 Å². The van der Waals surface area contributed by atoms with Crippen molar-refractivity contribution in [3.05, 3.63) is 0 Å². The molecule has 2 unspecified atom stereocenters. The van der Waals surface area contributed by atoms with Crippen LogP contribution in [0.2, 0.25) is 0 Å². The number of aliphatic carboxylic acids is 1. The van der Waals surface area contributed by atoms with Crippen LogP contribution in [0.5, 0.6) is 0 Å². The van der Waals surface area contributed by atoms with Gasteiger partial charge in [-0.25, -0.2) is 4.79 Å². The minimum absolute atomic E-state index is 0.0181. The SMILES string of the molecule is CC1CC(C(=O)O)CN(C(=O)N[C@H]2CC[C@@H](C(=O)N3CCCC3)C2)C1. The molecule has 1 saturated carbocycles. The van der Waals surface area contributed by atoms with Crippen LogP contribution in [0.4, 0.5) is 4.79 Å². The molecule has 3 fully saturated rings. The van der Waals surface area contributed by atoms with Gasteiger partial charge < -0.3 is 20.2 Å². The molecule has 25 heavy (non-hydrogen) atoms. The number of nitrogens with one attached hydrogen (secondary N) is 1. The Hall–Kier alpha value is -1.79. The number of amides is 3. The number of carbonyl (C=O) groups excluding carboxylic acids is 2. The summed E-state index contributed by atoms with van der Waals surface area (Å²) in [5.41, 5.74) is 0. The summed E-state index contributed by atoms with van der Waals surface area (Å²) in [6.45, 7) is 4.59. The van der Waals surface area contributed by atoms with Crippen molar-refractivity contribution in [3.63, 3.8) is 0 Å². The van der Waals surface area contributed by atoms with Gasteiger partial charge in [-0.05, 0) is 44.4 Å². The number of carboxylic acids is 1. The molecule has 1 aliphatic carbocycles. The van der Waals surface area contributed by atoms with Gasteiger partial charge in [-0.15, -0.1) is 0 Å². The lowest BCUT2D eigenvalue weighted by Gasteiger charge is -2.35. The number of hydrogen-bond donors (Lipinski definition) is 2. The molecule has 7 heteroatoms. The number of rotatable bonds is 3. The lowest BCUT2D eigenvalue weighted by Crippen LogP contribution is -2.51. The van der Waals surface area contributed by atoms with Crippen molar-refractivity contribution in [3.8, 4) is 0 Å². The van der Waals surface area contributed by atoms with Gasteiger partial charge in [0.05, 0.1) is 5.92 Å². The van der Waals surface area contributed by atoms with Crippen molar-refractivity contribution in [1.82, 2.24) is 15.1 Å². The Bertz CT molecular complexity index is 532. The molecule has 140 valence electrons. The molecular weight excluding hydrogens is 322 g/mol. The van der Waals surface area contributed by atoms with Gasteiger partial charge in [0.1, 0.15) is 0 Å². The van der Waals surface area contributed by atoms with Crippen LogP contribution in [0.15, 0.2) is 0 Å². The molecule has 0 radical (unpaired) electrons. The highest BCUT2D eigenvalue weighted by Gasteiger charge is 2.36. The number of nitrogens with zero attached hydrogens (tertiary/aromatic N) is 2. The minimum Gasteiger partial charge on any atom is -0.481 e. The summed E-state index contributed by atoms with van der Waals surface area (Å²) in [7, 11) is 0. The molecule has 3 amide bonds. The van der Waals surface area contributed by atoms with Crippen molar-refractivity contribution in [2.24, 2.45) is 17.8 Å². The largest absolute Gasteiger partial charge is 0.481 e. The zero-order chi connectivity index (χ0) is 18.0. The second-order valence-corrected chi connectivity index (χ2v) is 7.97. The van der Waals surface area contributed by atoms with E-state index in [0.29, 0.717) is 19.4 Å². The van der Waals surface area contributed by atoms with E-state index in [1.807, 2.05) is 11.8 Å². The topological polar surface area (TPSA) is 90.0 Å². The number of carbonyl (C=O) groups is 3. The number of carboxylic acid groups (broad SMARTS) is 1. The Morgan fingerprint density at radius 3 is 2.36 bits per heavy atom. The van der Waals surface area contributed by atoms with Gasteiger partial charge in [0.25, 0.3) is 0 Å². The van der Waals surface area contributed by atoms with Gasteiger partial charge in [0, 0.05) is 38.1 Å². The molecular formula is C18H29N3O4. The lowest BCUT2D eigenvalue weighted by molar-refractivity contribution is -0.143. The van der Waals surface area contributed by atoms with Gasteiger partial charge in [-0.1, -0.05) is 6.92 Å². The third kappa shape index (κ3) is 4.25. The highest BCUT2D eigenvalue weighted by molar-refractivity contribution is 5.80. The van der Waals surface area contributed by atoms with Crippen LogP contribution in [0, 0.1) is 17.8 Å². The molecule has 3 rings (SSSR count). The van der Waals surface area contributed by atoms with E-state index in [-0.39, 0.29) is 36.4 Å². The average Bonchev–Trinajstić information content (AvgIpc) is 3.25. The standard InChI is InChI=1S/C18H29N3O4/c1-12-8-14(17(23)24)11-21(10-12)18(25)19-15-5-4-13(9-15)16(22)20-6-2-3-7-20/h12-15H,2-11H2,1H3,(H,19,25)(H,23,24)/t12?,13-,14?,15+/m1/s1. The van der Waals surface area contributed by atoms with E-state index in [9.17, 15) is 19.5 Å². The minimum atomic E-state index is -0.832. The summed E-state index contributed by atoms with van der Waals surface area (Å²) in [4.78, 5) is 39.8. The summed E-state index contributed by atoms with van der Waals surface area (Å²) in [5, 5.41) is 12.3. The van der Waals surface area contributed by atoms with Crippen LogP contribution in [0.1, 0.15) is 45.4 Å². The molecule has 2 aliphatic heterocycles. The molecule has 0 spiro atoms. The lowest BCUT2D eigenvalue weighted by atomic mass is 9.91. The van der Waals surface area contributed by atoms with Crippen LogP contribution in [-0.4, -0.2) is 65.0 Å². The number of piperidine rings is 1. The van der Waals surface area contributed by atoms with Gasteiger partial charge in [0.15, 0.2) is 0 Å². The molecule has 4 atom stereocenters. The van der Waals surface area contributed by atoms with E-state index in [1.54, 1.807) is 4.90 Å². The fourth-order valence-corrected chi connectivity index (χ4v) is 4.49. The number of likely N-dealkylation sites (tertiary alicyclic amines) is 2. The van der Waals surface area contributed by atoms with Gasteiger partial charge in [-0.3, -0.25) is 9.59 Å². The molecule has 2 N–H and O–H groups in total. The third-order valence-corrected chi connectivity index (χ3v) is 5.82. The van der Waals surface area contributed by atoms with Crippen LogP contribution in [-0.2, 0) is 9.59 Å². The predicted octanol–water partition coefficient (Wildman–Crippen LogP) is 1.53. The predicted molar refractivity (Wildman–Crippen MR) is 92.0 cm³/mol. The van der Waals surface area contributed by atoms with E-state index < -0.39 is 11.9 Å². The first-order valence-electron chi connectivity index (χ1n) is 9.51. The Labute approximate surface area is 148 Å². The summed E-state index contributed by atoms with van der Waals surface area (Å²) in [5.74, 6) is -0.861. The molecule has 2 saturated heterocycles. The quantitative estimate of drug-likeness (QED) is 0.807. The summed E-state index contributed by atoms with van der Waals surface area (Å²) in [6, 6.07) is -0.165. The first-order valence-corrected chi connectivity index (χ1v) is 9.51. The van der Waals surface area contributed by atoms with Crippen LogP contribution in [0.3, 0.4) is 0 Å². The van der Waals surface area contributed by atoms with E-state index >= 15 is 0 Å². The van der Waals surface area contributed by atoms with Crippen molar-refractivity contribution in [2.45, 2.75) is 51.5 Å². The van der Waals surface area contributed by atoms with Crippen LogP contribution >= 0.6 is 0 Å². The molecule has 2 heterocycles. The third-order valence-electron chi connectivity index (χ3n) is 5.82. The van der Waals surface area contributed by atoms with Crippen molar-refractivity contribution in [1.29, 1.82) is 0 Å². The number of urea groups is 1. The van der Waals surface area contributed by atoms with Crippen LogP contribution < -0.4 is 5.32 Å². The zero-order valence-electron chi connectivity index (χ0n) is 14.9. The Morgan fingerprint density at radius 2 is 1.68 bits per heavy atom. The maximum Gasteiger partial charge on any atom is 0.317 e. The monoisotopic (exact) mass is 351 g/mol. The van der Waals surface area contributed by atoms with Crippen LogP contribution in [0.25, 0.3) is 0 Å². The molecule has 0 bridgehead atoms. The first-order chi connectivity index (χ1) is 11.9. The normalized spacial score (nSPS) is 32.7. The maximum absolute atomic E-state index is 12.5. The van der Waals surface area contributed by atoms with E-state index in [1.165, 1.54) is 0 Å². The van der Waals surface area contributed by atoms with Crippen molar-refractivity contribution < 1.29 is 19.5 Å². The Morgan fingerprint density at radius 1 is 0.960 bits per heavy atom. The zero-order valence-corrected chi connectivity index (χ0v) is 14.9. The summed E-state index contributed by atoms with van der Waals surface area (Å²) in [6.07, 6.45) is 5.16. The number of hydrogen-bond acceptors (Lipinski definition) is 3. The maximum atomic E-state index is 12.5. The van der Waals surface area contributed by atoms with Gasteiger partial charge >= 0.3 is 12.0 Å². The Balaban J connectivity index is 1.50. The first kappa shape index (κ1) is 18.0. The molecule has 7 nitrogen and oxygen atoms in total. The molecule has 0 aromatic heterocycles. The van der Waals surface area contributed by atoms with E-state index in [0.717, 1.165) is 38.8 Å². The van der Waals surface area contributed by atoms with Gasteiger partial charge in [0.2, 0.25) is 5.91 Å². The summed E-state index contributed by atoms with van der Waals surface area (Å²) >= 11 is 0. The smallest absolute Gasteiger partial charge is 0.317 e. The highest BCUT2D eigenvalue weighted by atomic mass is 16.4. The van der Waals surface area contributed by atoms with Gasteiger partial charge in [-0.2, -0.15) is 0 Å². The average molecular weight is 351 g/mol. The second kappa shape index (κ2) is 7.62. The highest BCUT2D eigenvalue weighted by Crippen LogP contribution is 2.29. The molecule has 0 aromatic rings. The Kier molecular flexibility index (Phi) is 5.49. The second-order valence-electron chi connectivity index (χ2n) is 7.97. The van der Waals surface area contributed by atoms with Crippen molar-refractivity contribution >= 4 is 17.9 Å². The fraction of sp³-hybridized carbons (Fsp3) is 0.833. The molecule has 3 aliphatic rings. The summed E-state index contributed by atoms with van der Waals surface area (Å²) < 4.78 is 0. The van der Waals surface area contributed by atoms with E-state index in [2.05, 4.69) is 5.32 Å². The molecule has 0 aromatic carbocycles. The fourth-order valence-electron chi connectivity index (χ4n) is 4.49. The van der Waals surface area contributed by atoms with Crippen molar-refractivity contribution in [2.75, 3.05) is 26.2 Å².